The number of likely N-dealkylation sites (N-methyl/N-ethyl adjacent to an activating group) is 1. The van der Waals surface area contributed by atoms with Crippen molar-refractivity contribution < 1.29 is 9.47 Å². The first-order valence-electron chi connectivity index (χ1n) is 7.77. The molecule has 3 atom stereocenters. The number of hydrogen-bond donors (Lipinski definition) is 1. The van der Waals surface area contributed by atoms with Crippen LogP contribution in [0.15, 0.2) is 24.3 Å². The minimum atomic E-state index is 0.192. The molecule has 0 bridgehead atoms. The van der Waals surface area contributed by atoms with Gasteiger partial charge in [-0.05, 0) is 38.4 Å². The van der Waals surface area contributed by atoms with Crippen molar-refractivity contribution in [2.75, 3.05) is 33.9 Å². The van der Waals surface area contributed by atoms with Crippen LogP contribution in [0.4, 0.5) is 0 Å². The molecular formula is C17H28N2O2. The highest BCUT2D eigenvalue weighted by Gasteiger charge is 2.25. The van der Waals surface area contributed by atoms with Gasteiger partial charge in [0.25, 0.3) is 0 Å². The third-order valence-corrected chi connectivity index (χ3v) is 4.53. The van der Waals surface area contributed by atoms with E-state index in [0.717, 1.165) is 38.3 Å². The number of nitrogens with two attached hydrogens (primary N) is 1. The average Bonchev–Trinajstić information content (AvgIpc) is 3.02. The Morgan fingerprint density at radius 1 is 1.43 bits per heavy atom. The van der Waals surface area contributed by atoms with Crippen molar-refractivity contribution in [3.63, 3.8) is 0 Å². The van der Waals surface area contributed by atoms with Gasteiger partial charge in [0.15, 0.2) is 0 Å². The van der Waals surface area contributed by atoms with Gasteiger partial charge in [0, 0.05) is 31.2 Å². The molecule has 1 aliphatic heterocycles. The second-order valence-corrected chi connectivity index (χ2v) is 6.09. The first-order valence-corrected chi connectivity index (χ1v) is 7.77. The van der Waals surface area contributed by atoms with Crippen LogP contribution in [0, 0.1) is 5.92 Å². The Labute approximate surface area is 128 Å². The molecule has 2 rings (SSSR count). The predicted molar refractivity (Wildman–Crippen MR) is 85.7 cm³/mol. The highest BCUT2D eigenvalue weighted by atomic mass is 16.5. The number of methoxy groups -OCH3 is 1. The van der Waals surface area contributed by atoms with Crippen molar-refractivity contribution in [3.8, 4) is 5.75 Å². The second-order valence-electron chi connectivity index (χ2n) is 6.09. The number of para-hydroxylation sites is 1. The van der Waals surface area contributed by atoms with Crippen LogP contribution in [0.2, 0.25) is 0 Å². The van der Waals surface area contributed by atoms with Crippen molar-refractivity contribution in [2.45, 2.75) is 31.8 Å². The predicted octanol–water partition coefficient (Wildman–Crippen LogP) is 1.92. The van der Waals surface area contributed by atoms with Crippen molar-refractivity contribution in [3.05, 3.63) is 29.8 Å². The first-order chi connectivity index (χ1) is 10.1. The zero-order chi connectivity index (χ0) is 15.2. The molecule has 4 nitrogen and oxygen atoms in total. The molecule has 118 valence electrons. The minimum Gasteiger partial charge on any atom is -0.496 e. The SMILES string of the molecule is COc1ccccc1CC(C)N(C)CC(N)C1CCOC1. The maximum absolute atomic E-state index is 6.32. The third kappa shape index (κ3) is 4.43. The number of nitrogens with zero attached hydrogens (tertiary/aromatic N) is 1. The quantitative estimate of drug-likeness (QED) is 0.834. The summed E-state index contributed by atoms with van der Waals surface area (Å²) in [6, 6.07) is 8.84. The molecule has 1 saturated heterocycles. The largest absolute Gasteiger partial charge is 0.496 e. The van der Waals surface area contributed by atoms with E-state index in [9.17, 15) is 0 Å². The molecule has 0 aliphatic carbocycles. The van der Waals surface area contributed by atoms with Crippen molar-refractivity contribution in [2.24, 2.45) is 11.7 Å². The van der Waals surface area contributed by atoms with Gasteiger partial charge in [0.05, 0.1) is 13.7 Å². The highest BCUT2D eigenvalue weighted by Crippen LogP contribution is 2.21. The van der Waals surface area contributed by atoms with Gasteiger partial charge in [-0.1, -0.05) is 18.2 Å². The van der Waals surface area contributed by atoms with Gasteiger partial charge in [0.2, 0.25) is 0 Å². The van der Waals surface area contributed by atoms with E-state index in [1.165, 1.54) is 5.56 Å². The lowest BCUT2D eigenvalue weighted by molar-refractivity contribution is 0.167. The van der Waals surface area contributed by atoms with E-state index in [4.69, 9.17) is 15.2 Å². The Kier molecular flexibility index (Phi) is 6.03. The summed E-state index contributed by atoms with van der Waals surface area (Å²) in [5, 5.41) is 0. The molecule has 1 aromatic rings. The van der Waals surface area contributed by atoms with E-state index in [1.54, 1.807) is 7.11 Å². The maximum Gasteiger partial charge on any atom is 0.122 e. The molecular weight excluding hydrogens is 264 g/mol. The smallest absolute Gasteiger partial charge is 0.122 e. The molecule has 0 aromatic heterocycles. The van der Waals surface area contributed by atoms with E-state index < -0.39 is 0 Å². The Morgan fingerprint density at radius 3 is 2.86 bits per heavy atom. The van der Waals surface area contributed by atoms with Gasteiger partial charge in [-0.15, -0.1) is 0 Å². The monoisotopic (exact) mass is 292 g/mol. The van der Waals surface area contributed by atoms with E-state index in [-0.39, 0.29) is 6.04 Å². The average molecular weight is 292 g/mol. The molecule has 21 heavy (non-hydrogen) atoms. The fourth-order valence-corrected chi connectivity index (χ4v) is 2.90. The summed E-state index contributed by atoms with van der Waals surface area (Å²) < 4.78 is 10.9. The van der Waals surface area contributed by atoms with Crippen LogP contribution < -0.4 is 10.5 Å². The lowest BCUT2D eigenvalue weighted by Gasteiger charge is -2.30. The highest BCUT2D eigenvalue weighted by molar-refractivity contribution is 5.33. The normalized spacial score (nSPS) is 21.5. The van der Waals surface area contributed by atoms with Crippen molar-refractivity contribution in [1.29, 1.82) is 0 Å². The van der Waals surface area contributed by atoms with Crippen molar-refractivity contribution >= 4 is 0 Å². The zero-order valence-electron chi connectivity index (χ0n) is 13.4. The molecule has 1 aliphatic rings. The summed E-state index contributed by atoms with van der Waals surface area (Å²) in [7, 11) is 3.87. The van der Waals surface area contributed by atoms with Gasteiger partial charge in [0.1, 0.15) is 5.75 Å². The maximum atomic E-state index is 6.32. The minimum absolute atomic E-state index is 0.192. The Hall–Kier alpha value is -1.10. The Balaban J connectivity index is 1.88. The van der Waals surface area contributed by atoms with Gasteiger partial charge < -0.3 is 20.1 Å². The molecule has 4 heteroatoms. The van der Waals surface area contributed by atoms with Crippen LogP contribution in [0.25, 0.3) is 0 Å². The summed E-state index contributed by atoms with van der Waals surface area (Å²) in [6.45, 7) is 4.82. The van der Waals surface area contributed by atoms with Crippen LogP contribution in [0.1, 0.15) is 18.9 Å². The lowest BCUT2D eigenvalue weighted by Crippen LogP contribution is -2.44. The molecule has 0 amide bonds. The first kappa shape index (κ1) is 16.3. The van der Waals surface area contributed by atoms with Gasteiger partial charge in [-0.3, -0.25) is 0 Å². The molecule has 0 saturated carbocycles. The molecule has 0 radical (unpaired) electrons. The molecule has 2 N–H and O–H groups in total. The summed E-state index contributed by atoms with van der Waals surface area (Å²) in [6.07, 6.45) is 2.06. The fourth-order valence-electron chi connectivity index (χ4n) is 2.90. The lowest BCUT2D eigenvalue weighted by atomic mass is 9.98. The number of rotatable bonds is 7. The van der Waals surface area contributed by atoms with E-state index in [2.05, 4.69) is 31.0 Å². The van der Waals surface area contributed by atoms with Gasteiger partial charge in [-0.2, -0.15) is 0 Å². The molecule has 1 aromatic carbocycles. The van der Waals surface area contributed by atoms with Gasteiger partial charge in [-0.25, -0.2) is 0 Å². The van der Waals surface area contributed by atoms with E-state index in [1.807, 2.05) is 12.1 Å². The topological polar surface area (TPSA) is 47.7 Å². The van der Waals surface area contributed by atoms with Crippen LogP contribution in [-0.4, -0.2) is 50.9 Å². The Morgan fingerprint density at radius 2 is 2.19 bits per heavy atom. The van der Waals surface area contributed by atoms with E-state index in [0.29, 0.717) is 12.0 Å². The summed E-state index contributed by atoms with van der Waals surface area (Å²) in [4.78, 5) is 2.34. The van der Waals surface area contributed by atoms with Crippen LogP contribution in [0.3, 0.4) is 0 Å². The standard InChI is InChI=1S/C17H28N2O2/c1-13(10-14-6-4-5-7-17(14)20-3)19(2)11-16(18)15-8-9-21-12-15/h4-7,13,15-16H,8-12,18H2,1-3H3. The molecule has 3 unspecified atom stereocenters. The fraction of sp³-hybridized carbons (Fsp3) is 0.647. The number of benzene rings is 1. The molecule has 1 fully saturated rings. The van der Waals surface area contributed by atoms with Crippen molar-refractivity contribution in [1.82, 2.24) is 4.90 Å². The number of hydrogen-bond acceptors (Lipinski definition) is 4. The van der Waals surface area contributed by atoms with Crippen LogP contribution in [-0.2, 0) is 11.2 Å². The van der Waals surface area contributed by atoms with Crippen LogP contribution in [0.5, 0.6) is 5.75 Å². The molecule has 1 heterocycles. The Bertz CT molecular complexity index is 433. The third-order valence-electron chi connectivity index (χ3n) is 4.53. The van der Waals surface area contributed by atoms with E-state index >= 15 is 0 Å². The molecule has 0 spiro atoms. The number of ether oxygens (including phenoxy) is 2. The summed E-state index contributed by atoms with van der Waals surface area (Å²) in [5.74, 6) is 1.47. The second kappa shape index (κ2) is 7.78. The van der Waals surface area contributed by atoms with Crippen LogP contribution >= 0.6 is 0 Å². The summed E-state index contributed by atoms with van der Waals surface area (Å²) in [5.41, 5.74) is 7.57. The van der Waals surface area contributed by atoms with Gasteiger partial charge >= 0.3 is 0 Å². The zero-order valence-corrected chi connectivity index (χ0v) is 13.4. The summed E-state index contributed by atoms with van der Waals surface area (Å²) >= 11 is 0.